The molecule has 2 N–H and O–H groups in total. The maximum absolute atomic E-state index is 12.7. The van der Waals surface area contributed by atoms with E-state index in [0.717, 1.165) is 0 Å². The fraction of sp³-hybridized carbons (Fsp3) is 0.182. The van der Waals surface area contributed by atoms with Crippen LogP contribution in [0.15, 0.2) is 59.5 Å². The van der Waals surface area contributed by atoms with Gasteiger partial charge in [0.2, 0.25) is 15.8 Å². The third kappa shape index (κ3) is 5.33. The SMILES string of the molecule is Cc1cc(C(=O)COC(=O)Cc2ccccc2[N+](=O)[O-])c(C)n1-c1ccc(S(N)(=O)=O)cc1. The molecule has 0 radical (unpaired) electrons. The van der Waals surface area contributed by atoms with Crippen LogP contribution in [0.4, 0.5) is 5.69 Å². The number of primary sulfonamides is 1. The monoisotopic (exact) mass is 471 g/mol. The molecule has 3 rings (SSSR count). The summed E-state index contributed by atoms with van der Waals surface area (Å²) >= 11 is 0. The Bertz CT molecular complexity index is 1340. The molecule has 0 saturated heterocycles. The molecule has 172 valence electrons. The van der Waals surface area contributed by atoms with Gasteiger partial charge in [-0.1, -0.05) is 18.2 Å². The number of nitrogens with two attached hydrogens (primary N) is 1. The molecule has 0 aliphatic heterocycles. The van der Waals surface area contributed by atoms with Gasteiger partial charge in [-0.2, -0.15) is 0 Å². The maximum atomic E-state index is 12.7. The number of benzene rings is 2. The Morgan fingerprint density at radius 3 is 2.33 bits per heavy atom. The number of esters is 1. The van der Waals surface area contributed by atoms with Crippen molar-refractivity contribution in [2.45, 2.75) is 25.2 Å². The van der Waals surface area contributed by atoms with Crippen molar-refractivity contribution < 1.29 is 27.7 Å². The number of aryl methyl sites for hydroxylation is 1. The largest absolute Gasteiger partial charge is 0.457 e. The van der Waals surface area contributed by atoms with Crippen molar-refractivity contribution in [1.82, 2.24) is 4.57 Å². The van der Waals surface area contributed by atoms with E-state index >= 15 is 0 Å². The van der Waals surface area contributed by atoms with Gasteiger partial charge in [0, 0.05) is 34.3 Å². The van der Waals surface area contributed by atoms with E-state index in [4.69, 9.17) is 9.88 Å². The summed E-state index contributed by atoms with van der Waals surface area (Å²) in [6.07, 6.45) is -0.333. The van der Waals surface area contributed by atoms with Crippen LogP contribution in [0.25, 0.3) is 5.69 Å². The average molecular weight is 471 g/mol. The lowest BCUT2D eigenvalue weighted by Crippen LogP contribution is -2.16. The van der Waals surface area contributed by atoms with Crippen LogP contribution in [-0.2, 0) is 26.0 Å². The quantitative estimate of drug-likeness (QED) is 0.229. The van der Waals surface area contributed by atoms with Crippen LogP contribution in [0.2, 0.25) is 0 Å². The Labute approximate surface area is 189 Å². The van der Waals surface area contributed by atoms with Crippen LogP contribution >= 0.6 is 0 Å². The van der Waals surface area contributed by atoms with Crippen molar-refractivity contribution in [3.05, 3.63) is 87.2 Å². The molecule has 0 aliphatic rings. The molecule has 0 amide bonds. The van der Waals surface area contributed by atoms with Gasteiger partial charge < -0.3 is 9.30 Å². The summed E-state index contributed by atoms with van der Waals surface area (Å²) in [5.41, 5.74) is 2.26. The van der Waals surface area contributed by atoms with E-state index in [1.165, 1.54) is 30.3 Å². The predicted molar refractivity (Wildman–Crippen MR) is 119 cm³/mol. The molecule has 0 fully saturated rings. The molecule has 3 aromatic rings. The van der Waals surface area contributed by atoms with Crippen LogP contribution in [0.5, 0.6) is 0 Å². The van der Waals surface area contributed by atoms with Gasteiger partial charge in [-0.25, -0.2) is 13.6 Å². The smallest absolute Gasteiger partial charge is 0.310 e. The van der Waals surface area contributed by atoms with Crippen molar-refractivity contribution >= 4 is 27.5 Å². The molecule has 0 bridgehead atoms. The van der Waals surface area contributed by atoms with Crippen molar-refractivity contribution in [2.24, 2.45) is 5.14 Å². The zero-order valence-electron chi connectivity index (χ0n) is 17.8. The third-order valence-corrected chi connectivity index (χ3v) is 5.97. The number of nitro groups is 1. The number of carbonyl (C=O) groups is 2. The molecule has 0 saturated carbocycles. The molecule has 0 unspecified atom stereocenters. The first kappa shape index (κ1) is 23.8. The Morgan fingerprint density at radius 2 is 1.73 bits per heavy atom. The lowest BCUT2D eigenvalue weighted by atomic mass is 10.1. The highest BCUT2D eigenvalue weighted by Gasteiger charge is 2.20. The molecule has 2 aromatic carbocycles. The number of aromatic nitrogens is 1. The summed E-state index contributed by atoms with van der Waals surface area (Å²) in [6, 6.07) is 13.3. The van der Waals surface area contributed by atoms with Gasteiger partial charge in [0.25, 0.3) is 5.69 Å². The van der Waals surface area contributed by atoms with Gasteiger partial charge in [0.15, 0.2) is 6.61 Å². The van der Waals surface area contributed by atoms with Crippen LogP contribution < -0.4 is 5.14 Å². The molecule has 11 heteroatoms. The molecule has 1 aromatic heterocycles. The van der Waals surface area contributed by atoms with E-state index in [0.29, 0.717) is 22.6 Å². The minimum Gasteiger partial charge on any atom is -0.457 e. The number of nitro benzene ring substituents is 1. The number of para-hydroxylation sites is 1. The van der Waals surface area contributed by atoms with Crippen LogP contribution in [-0.4, -0.2) is 36.3 Å². The van der Waals surface area contributed by atoms with Gasteiger partial charge >= 0.3 is 5.97 Å². The highest BCUT2D eigenvalue weighted by Crippen LogP contribution is 2.23. The average Bonchev–Trinajstić information content (AvgIpc) is 3.05. The van der Waals surface area contributed by atoms with Crippen molar-refractivity contribution in [2.75, 3.05) is 6.61 Å². The van der Waals surface area contributed by atoms with E-state index in [1.807, 2.05) is 0 Å². The minimum atomic E-state index is -3.83. The zero-order valence-corrected chi connectivity index (χ0v) is 18.7. The fourth-order valence-electron chi connectivity index (χ4n) is 3.50. The number of rotatable bonds is 8. The number of ketones is 1. The highest BCUT2D eigenvalue weighted by molar-refractivity contribution is 7.89. The second-order valence-electron chi connectivity index (χ2n) is 7.31. The number of sulfonamides is 1. The molecule has 1 heterocycles. The van der Waals surface area contributed by atoms with Crippen LogP contribution in [0.3, 0.4) is 0 Å². The number of hydrogen-bond donors (Lipinski definition) is 1. The lowest BCUT2D eigenvalue weighted by molar-refractivity contribution is -0.385. The van der Waals surface area contributed by atoms with Crippen molar-refractivity contribution in [3.8, 4) is 5.69 Å². The third-order valence-electron chi connectivity index (χ3n) is 5.04. The number of carbonyl (C=O) groups excluding carboxylic acids is 2. The number of hydrogen-bond acceptors (Lipinski definition) is 7. The highest BCUT2D eigenvalue weighted by atomic mass is 32.2. The second-order valence-corrected chi connectivity index (χ2v) is 8.87. The second kappa shape index (κ2) is 9.35. The van der Waals surface area contributed by atoms with E-state index in [-0.39, 0.29) is 22.6 Å². The molecule has 0 spiro atoms. The number of nitrogens with zero attached hydrogens (tertiary/aromatic N) is 2. The fourth-order valence-corrected chi connectivity index (χ4v) is 4.01. The Kier molecular flexibility index (Phi) is 6.75. The summed E-state index contributed by atoms with van der Waals surface area (Å²) in [7, 11) is -3.83. The summed E-state index contributed by atoms with van der Waals surface area (Å²) in [5, 5.41) is 16.2. The molecule has 0 atom stereocenters. The van der Waals surface area contributed by atoms with Crippen LogP contribution in [0, 0.1) is 24.0 Å². The number of Topliss-reactive ketones (excluding diaryl/α,β-unsaturated/α-hetero) is 1. The van der Waals surface area contributed by atoms with Gasteiger partial charge in [-0.05, 0) is 44.2 Å². The zero-order chi connectivity index (χ0) is 24.3. The summed E-state index contributed by atoms with van der Waals surface area (Å²) in [6.45, 7) is 2.97. The van der Waals surface area contributed by atoms with E-state index in [1.54, 1.807) is 42.7 Å². The van der Waals surface area contributed by atoms with E-state index in [2.05, 4.69) is 0 Å². The normalized spacial score (nSPS) is 11.2. The number of ether oxygens (including phenoxy) is 1. The van der Waals surface area contributed by atoms with Crippen molar-refractivity contribution in [1.29, 1.82) is 0 Å². The van der Waals surface area contributed by atoms with Crippen molar-refractivity contribution in [3.63, 3.8) is 0 Å². The van der Waals surface area contributed by atoms with E-state index < -0.39 is 33.3 Å². The van der Waals surface area contributed by atoms with Crippen LogP contribution in [0.1, 0.15) is 27.3 Å². The summed E-state index contributed by atoms with van der Waals surface area (Å²) in [5.74, 6) is -1.20. The molecular formula is C22H21N3O7S. The van der Waals surface area contributed by atoms with Gasteiger partial charge in [-0.15, -0.1) is 0 Å². The topological polar surface area (TPSA) is 152 Å². The molecule has 33 heavy (non-hydrogen) atoms. The summed E-state index contributed by atoms with van der Waals surface area (Å²) < 4.78 is 29.7. The first-order valence-electron chi connectivity index (χ1n) is 9.72. The first-order valence-corrected chi connectivity index (χ1v) is 11.3. The predicted octanol–water partition coefficient (Wildman–Crippen LogP) is 2.62. The molecule has 0 aliphatic carbocycles. The standard InChI is InChI=1S/C22H21N3O7S/c1-14-11-19(15(2)24(14)17-7-9-18(10-8-17)33(23,30)31)21(26)13-32-22(27)12-16-5-3-4-6-20(16)25(28)29/h3-11H,12-13H2,1-2H3,(H2,23,30,31). The Hall–Kier alpha value is -3.83. The molecular weight excluding hydrogens is 450 g/mol. The Morgan fingerprint density at radius 1 is 1.09 bits per heavy atom. The lowest BCUT2D eigenvalue weighted by Gasteiger charge is -2.11. The summed E-state index contributed by atoms with van der Waals surface area (Å²) in [4.78, 5) is 35.3. The van der Waals surface area contributed by atoms with E-state index in [9.17, 15) is 28.1 Å². The van der Waals surface area contributed by atoms with Gasteiger partial charge in [-0.3, -0.25) is 19.7 Å². The Balaban J connectivity index is 1.73. The first-order chi connectivity index (χ1) is 15.5. The maximum Gasteiger partial charge on any atom is 0.310 e. The van der Waals surface area contributed by atoms with Gasteiger partial charge in [0.05, 0.1) is 16.2 Å². The van der Waals surface area contributed by atoms with Gasteiger partial charge in [0.1, 0.15) is 0 Å². The minimum absolute atomic E-state index is 0.0319. The molecule has 10 nitrogen and oxygen atoms in total.